The molecule has 0 heterocycles. The van der Waals surface area contributed by atoms with Crippen molar-refractivity contribution in [2.75, 3.05) is 13.1 Å². The maximum Gasteiger partial charge on any atom is 0.136 e. The van der Waals surface area contributed by atoms with Gasteiger partial charge in [-0.25, -0.2) is 0 Å². The molecule has 1 atom stereocenters. The topological polar surface area (TPSA) is 44.3 Å². The summed E-state index contributed by atoms with van der Waals surface area (Å²) in [6.45, 7) is 5.37. The Morgan fingerprint density at radius 1 is 1.55 bits per heavy atom. The van der Waals surface area contributed by atoms with E-state index in [-0.39, 0.29) is 0 Å². The normalized spacial score (nSPS) is 13.0. The Labute approximate surface area is 94.6 Å². The number of aliphatic hydroxyl groups is 1. The van der Waals surface area contributed by atoms with Crippen LogP contribution >= 0.6 is 45.5 Å². The number of halogens is 2. The summed E-state index contributed by atoms with van der Waals surface area (Å²) in [4.78, 5) is 0. The standard InChI is InChI=1S/C6H12I2N2O/c1-5(7)6(11)9-3-2-4-10-8/h6,9-11H,1-4H2. The van der Waals surface area contributed by atoms with Crippen LogP contribution in [0.1, 0.15) is 6.42 Å². The molecule has 0 amide bonds. The van der Waals surface area contributed by atoms with Crippen LogP contribution in [-0.4, -0.2) is 24.4 Å². The molecule has 0 bridgehead atoms. The molecule has 0 saturated carbocycles. The maximum absolute atomic E-state index is 9.19. The molecule has 1 unspecified atom stereocenters. The van der Waals surface area contributed by atoms with Gasteiger partial charge in [-0.05, 0) is 35.6 Å². The summed E-state index contributed by atoms with van der Waals surface area (Å²) in [5, 5.41) is 12.1. The van der Waals surface area contributed by atoms with Gasteiger partial charge in [0, 0.05) is 33.0 Å². The van der Waals surface area contributed by atoms with Gasteiger partial charge in [-0.1, -0.05) is 6.58 Å². The van der Waals surface area contributed by atoms with Crippen LogP contribution in [0.5, 0.6) is 0 Å². The highest BCUT2D eigenvalue weighted by Gasteiger charge is 2.02. The second kappa shape index (κ2) is 7.71. The molecule has 0 aromatic rings. The molecule has 0 aromatic heterocycles. The number of nitrogens with one attached hydrogen (secondary N) is 2. The third-order valence-corrected chi connectivity index (χ3v) is 2.21. The fraction of sp³-hybridized carbons (Fsp3) is 0.667. The van der Waals surface area contributed by atoms with Gasteiger partial charge in [-0.3, -0.25) is 8.85 Å². The molecule has 66 valence electrons. The Balaban J connectivity index is 3.17. The van der Waals surface area contributed by atoms with Crippen LogP contribution in [0, 0.1) is 0 Å². The minimum Gasteiger partial charge on any atom is -0.374 e. The van der Waals surface area contributed by atoms with Crippen molar-refractivity contribution < 1.29 is 5.11 Å². The molecule has 3 nitrogen and oxygen atoms in total. The molecule has 0 aromatic carbocycles. The lowest BCUT2D eigenvalue weighted by molar-refractivity contribution is 0.183. The van der Waals surface area contributed by atoms with Gasteiger partial charge in [0.2, 0.25) is 0 Å². The van der Waals surface area contributed by atoms with Crippen molar-refractivity contribution in [2.24, 2.45) is 0 Å². The van der Waals surface area contributed by atoms with Crippen LogP contribution in [0.2, 0.25) is 0 Å². The largest absolute Gasteiger partial charge is 0.374 e. The second-order valence-electron chi connectivity index (χ2n) is 2.04. The molecule has 0 rings (SSSR count). The maximum atomic E-state index is 9.19. The first-order valence-electron chi connectivity index (χ1n) is 3.27. The zero-order valence-corrected chi connectivity index (χ0v) is 10.4. The van der Waals surface area contributed by atoms with Crippen LogP contribution in [-0.2, 0) is 0 Å². The Bertz CT molecular complexity index is 121. The Morgan fingerprint density at radius 2 is 2.18 bits per heavy atom. The summed E-state index contributed by atoms with van der Waals surface area (Å²) in [6.07, 6.45) is 0.439. The summed E-state index contributed by atoms with van der Waals surface area (Å²) in [7, 11) is 0. The molecule has 11 heavy (non-hydrogen) atoms. The smallest absolute Gasteiger partial charge is 0.136 e. The second-order valence-corrected chi connectivity index (χ2v) is 4.19. The number of hydrogen-bond acceptors (Lipinski definition) is 3. The fourth-order valence-corrected chi connectivity index (χ4v) is 1.11. The summed E-state index contributed by atoms with van der Waals surface area (Å²) >= 11 is 4.10. The van der Waals surface area contributed by atoms with Gasteiger partial charge < -0.3 is 5.11 Å². The SMILES string of the molecule is C=C(I)C(O)NCCCNI. The molecule has 0 spiro atoms. The van der Waals surface area contributed by atoms with Gasteiger partial charge in [-0.2, -0.15) is 0 Å². The first kappa shape index (κ1) is 12.1. The Morgan fingerprint density at radius 3 is 2.64 bits per heavy atom. The number of rotatable bonds is 6. The van der Waals surface area contributed by atoms with Crippen LogP contribution in [0.25, 0.3) is 0 Å². The highest BCUT2D eigenvalue weighted by atomic mass is 127. The summed E-state index contributed by atoms with van der Waals surface area (Å²) in [5.74, 6) is 0. The summed E-state index contributed by atoms with van der Waals surface area (Å²) in [5.41, 5.74) is 0. The Kier molecular flexibility index (Phi) is 8.47. The lowest BCUT2D eigenvalue weighted by Crippen LogP contribution is -2.30. The van der Waals surface area contributed by atoms with E-state index in [9.17, 15) is 5.11 Å². The number of aliphatic hydroxyl groups excluding tert-OH is 1. The first-order valence-corrected chi connectivity index (χ1v) is 5.43. The average Bonchev–Trinajstić information content (AvgIpc) is 1.97. The predicted molar refractivity (Wildman–Crippen MR) is 63.8 cm³/mol. The van der Waals surface area contributed by atoms with E-state index < -0.39 is 6.23 Å². The van der Waals surface area contributed by atoms with Gasteiger partial charge in [-0.15, -0.1) is 0 Å². The Hall–Kier alpha value is 1.08. The monoisotopic (exact) mass is 382 g/mol. The number of hydrogen-bond donors (Lipinski definition) is 3. The molecule has 0 aliphatic carbocycles. The molecule has 3 N–H and O–H groups in total. The zero-order chi connectivity index (χ0) is 8.69. The van der Waals surface area contributed by atoms with Crippen molar-refractivity contribution in [2.45, 2.75) is 12.6 Å². The fourth-order valence-electron chi connectivity index (χ4n) is 0.505. The highest BCUT2D eigenvalue weighted by molar-refractivity contribution is 14.1. The molecule has 0 fully saturated rings. The van der Waals surface area contributed by atoms with Crippen molar-refractivity contribution in [3.8, 4) is 0 Å². The van der Waals surface area contributed by atoms with Gasteiger partial charge >= 0.3 is 0 Å². The van der Waals surface area contributed by atoms with Crippen LogP contribution in [0.3, 0.4) is 0 Å². The van der Waals surface area contributed by atoms with E-state index in [2.05, 4.69) is 38.3 Å². The van der Waals surface area contributed by atoms with E-state index in [1.807, 2.05) is 22.6 Å². The van der Waals surface area contributed by atoms with E-state index in [1.54, 1.807) is 0 Å². The first-order chi connectivity index (χ1) is 5.18. The van der Waals surface area contributed by atoms with Crippen molar-refractivity contribution in [1.29, 1.82) is 0 Å². The zero-order valence-electron chi connectivity index (χ0n) is 6.11. The van der Waals surface area contributed by atoms with Crippen LogP contribution in [0.15, 0.2) is 10.2 Å². The molecule has 0 radical (unpaired) electrons. The average molecular weight is 382 g/mol. The van der Waals surface area contributed by atoms with E-state index in [4.69, 9.17) is 0 Å². The van der Waals surface area contributed by atoms with E-state index in [0.29, 0.717) is 0 Å². The van der Waals surface area contributed by atoms with Crippen molar-refractivity contribution in [3.05, 3.63) is 10.2 Å². The lowest BCUT2D eigenvalue weighted by Gasteiger charge is -2.10. The lowest BCUT2D eigenvalue weighted by atomic mass is 10.4. The highest BCUT2D eigenvalue weighted by Crippen LogP contribution is 2.04. The van der Waals surface area contributed by atoms with E-state index in [1.165, 1.54) is 0 Å². The minimum atomic E-state index is -0.565. The van der Waals surface area contributed by atoms with Gasteiger partial charge in [0.15, 0.2) is 0 Å². The van der Waals surface area contributed by atoms with Crippen molar-refractivity contribution in [3.63, 3.8) is 0 Å². The molecular weight excluding hydrogens is 370 g/mol. The van der Waals surface area contributed by atoms with Crippen LogP contribution < -0.4 is 8.85 Å². The van der Waals surface area contributed by atoms with Gasteiger partial charge in [0.05, 0.1) is 0 Å². The van der Waals surface area contributed by atoms with Crippen molar-refractivity contribution in [1.82, 2.24) is 8.85 Å². The van der Waals surface area contributed by atoms with Gasteiger partial charge in [0.1, 0.15) is 6.23 Å². The summed E-state index contributed by atoms with van der Waals surface area (Å²) in [6, 6.07) is 0. The minimum absolute atomic E-state index is 0.565. The van der Waals surface area contributed by atoms with Gasteiger partial charge in [0.25, 0.3) is 0 Å². The molecule has 0 saturated heterocycles. The van der Waals surface area contributed by atoms with Crippen LogP contribution in [0.4, 0.5) is 0 Å². The molecular formula is C6H12I2N2O. The molecule has 5 heteroatoms. The predicted octanol–water partition coefficient (Wildman–Crippen LogP) is 1.17. The van der Waals surface area contributed by atoms with Crippen molar-refractivity contribution >= 4 is 45.5 Å². The third kappa shape index (κ3) is 7.44. The molecule has 0 aliphatic rings. The quantitative estimate of drug-likeness (QED) is 0.280. The summed E-state index contributed by atoms with van der Waals surface area (Å²) < 4.78 is 3.72. The van der Waals surface area contributed by atoms with E-state index in [0.717, 1.165) is 23.1 Å². The molecule has 0 aliphatic heterocycles. The van der Waals surface area contributed by atoms with E-state index >= 15 is 0 Å². The third-order valence-electron chi connectivity index (χ3n) is 1.08.